The van der Waals surface area contributed by atoms with Crippen LogP contribution >= 0.6 is 0 Å². The Morgan fingerprint density at radius 1 is 1.30 bits per heavy atom. The van der Waals surface area contributed by atoms with Gasteiger partial charge in [-0.2, -0.15) is 9.97 Å². The number of rotatable bonds is 6. The van der Waals surface area contributed by atoms with E-state index in [1.54, 1.807) is 4.57 Å². The minimum atomic E-state index is -0.219. The molecule has 1 saturated heterocycles. The molecule has 0 amide bonds. The summed E-state index contributed by atoms with van der Waals surface area (Å²) in [6.07, 6.45) is 4.53. The van der Waals surface area contributed by atoms with E-state index in [-0.39, 0.29) is 17.5 Å². The van der Waals surface area contributed by atoms with Gasteiger partial charge in [0.15, 0.2) is 11.5 Å². The number of imidazole rings is 1. The molecule has 2 aromatic rings. The quantitative estimate of drug-likeness (QED) is 0.819. The standard InChI is InChI=1S/C15H21N5O3/c16-12-11-13(19-14(18-12)23-6-4-9-1-2-9)20(15(21)17-11)7-10-3-5-22-8-10/h9-10H,1-8H2,(H,17,21)(H2,16,18,19). The Balaban J connectivity index is 1.60. The number of nitrogen functional groups attached to an aromatic ring is 1. The maximum absolute atomic E-state index is 12.2. The lowest BCUT2D eigenvalue weighted by Gasteiger charge is -2.09. The van der Waals surface area contributed by atoms with Crippen molar-refractivity contribution < 1.29 is 9.47 Å². The van der Waals surface area contributed by atoms with Gasteiger partial charge in [-0.3, -0.25) is 4.57 Å². The number of nitrogens with one attached hydrogen (secondary N) is 1. The van der Waals surface area contributed by atoms with Crippen molar-refractivity contribution >= 4 is 17.0 Å². The van der Waals surface area contributed by atoms with Gasteiger partial charge in [0.1, 0.15) is 5.52 Å². The number of H-pyrrole nitrogens is 1. The normalized spacial score (nSPS) is 21.1. The molecule has 1 unspecified atom stereocenters. The van der Waals surface area contributed by atoms with Crippen LogP contribution in [0.5, 0.6) is 6.01 Å². The molecule has 3 heterocycles. The smallest absolute Gasteiger partial charge is 0.327 e. The number of nitrogens with two attached hydrogens (primary N) is 1. The maximum atomic E-state index is 12.2. The number of aromatic amines is 1. The van der Waals surface area contributed by atoms with Gasteiger partial charge in [0.05, 0.1) is 13.2 Å². The topological polar surface area (TPSA) is 108 Å². The van der Waals surface area contributed by atoms with E-state index in [2.05, 4.69) is 15.0 Å². The number of hydrogen-bond donors (Lipinski definition) is 2. The first kappa shape index (κ1) is 14.5. The van der Waals surface area contributed by atoms with Crippen molar-refractivity contribution in [1.29, 1.82) is 0 Å². The van der Waals surface area contributed by atoms with E-state index >= 15 is 0 Å². The van der Waals surface area contributed by atoms with Gasteiger partial charge < -0.3 is 20.2 Å². The van der Waals surface area contributed by atoms with Crippen molar-refractivity contribution in [2.24, 2.45) is 11.8 Å². The molecule has 4 rings (SSSR count). The van der Waals surface area contributed by atoms with Gasteiger partial charge in [0, 0.05) is 19.1 Å². The van der Waals surface area contributed by atoms with Gasteiger partial charge in [-0.25, -0.2) is 4.79 Å². The van der Waals surface area contributed by atoms with E-state index in [4.69, 9.17) is 15.2 Å². The van der Waals surface area contributed by atoms with E-state index < -0.39 is 0 Å². The van der Waals surface area contributed by atoms with Crippen LogP contribution in [0, 0.1) is 11.8 Å². The second-order valence-corrected chi connectivity index (χ2v) is 6.44. The Morgan fingerprint density at radius 3 is 2.91 bits per heavy atom. The van der Waals surface area contributed by atoms with Gasteiger partial charge in [-0.05, 0) is 18.8 Å². The lowest BCUT2D eigenvalue weighted by atomic mass is 10.1. The number of aromatic nitrogens is 4. The average Bonchev–Trinajstić information content (AvgIpc) is 3.10. The predicted octanol–water partition coefficient (Wildman–Crippen LogP) is 0.917. The van der Waals surface area contributed by atoms with Crippen LogP contribution in [-0.2, 0) is 11.3 Å². The summed E-state index contributed by atoms with van der Waals surface area (Å²) in [5.41, 5.74) is 6.72. The van der Waals surface area contributed by atoms with Crippen molar-refractivity contribution in [3.63, 3.8) is 0 Å². The molecule has 0 radical (unpaired) electrons. The number of ether oxygens (including phenoxy) is 2. The van der Waals surface area contributed by atoms with E-state index in [1.165, 1.54) is 12.8 Å². The molecule has 1 saturated carbocycles. The van der Waals surface area contributed by atoms with Gasteiger partial charge in [0.25, 0.3) is 0 Å². The zero-order chi connectivity index (χ0) is 15.8. The van der Waals surface area contributed by atoms with Crippen LogP contribution in [-0.4, -0.2) is 39.3 Å². The second-order valence-electron chi connectivity index (χ2n) is 6.44. The third kappa shape index (κ3) is 3.03. The first-order valence-electron chi connectivity index (χ1n) is 8.17. The number of fused-ring (bicyclic) bond motifs is 1. The van der Waals surface area contributed by atoms with Crippen LogP contribution < -0.4 is 16.2 Å². The van der Waals surface area contributed by atoms with E-state index in [9.17, 15) is 4.79 Å². The maximum Gasteiger partial charge on any atom is 0.327 e. The number of nitrogens with zero attached hydrogens (tertiary/aromatic N) is 3. The molecule has 3 N–H and O–H groups in total. The van der Waals surface area contributed by atoms with E-state index in [0.29, 0.717) is 36.8 Å². The second kappa shape index (κ2) is 5.84. The van der Waals surface area contributed by atoms with Crippen LogP contribution in [0.3, 0.4) is 0 Å². The molecule has 0 aromatic carbocycles. The highest BCUT2D eigenvalue weighted by molar-refractivity contribution is 5.81. The lowest BCUT2D eigenvalue weighted by Crippen LogP contribution is -2.22. The minimum absolute atomic E-state index is 0.219. The summed E-state index contributed by atoms with van der Waals surface area (Å²) in [5.74, 6) is 1.35. The minimum Gasteiger partial charge on any atom is -0.463 e. The molecular formula is C15H21N5O3. The van der Waals surface area contributed by atoms with E-state index in [0.717, 1.165) is 25.4 Å². The molecule has 124 valence electrons. The van der Waals surface area contributed by atoms with Crippen LogP contribution in [0.25, 0.3) is 11.2 Å². The third-order valence-electron chi connectivity index (χ3n) is 4.55. The first-order valence-corrected chi connectivity index (χ1v) is 8.17. The molecule has 2 fully saturated rings. The number of anilines is 1. The molecule has 8 heteroatoms. The fraction of sp³-hybridized carbons (Fsp3) is 0.667. The first-order chi connectivity index (χ1) is 11.2. The van der Waals surface area contributed by atoms with Crippen molar-refractivity contribution in [2.75, 3.05) is 25.6 Å². The van der Waals surface area contributed by atoms with Crippen LogP contribution in [0.4, 0.5) is 5.82 Å². The molecule has 2 aromatic heterocycles. The largest absolute Gasteiger partial charge is 0.463 e. The summed E-state index contributed by atoms with van der Waals surface area (Å²) in [6, 6.07) is 0.242. The van der Waals surface area contributed by atoms with Crippen LogP contribution in [0.1, 0.15) is 25.7 Å². The Labute approximate surface area is 133 Å². The molecule has 8 nitrogen and oxygen atoms in total. The lowest BCUT2D eigenvalue weighted by molar-refractivity contribution is 0.182. The van der Waals surface area contributed by atoms with Crippen LogP contribution in [0.2, 0.25) is 0 Å². The zero-order valence-electron chi connectivity index (χ0n) is 13.0. The fourth-order valence-corrected chi connectivity index (χ4v) is 2.97. The Bertz CT molecular complexity index is 758. The summed E-state index contributed by atoms with van der Waals surface area (Å²) in [4.78, 5) is 23.5. The van der Waals surface area contributed by atoms with Gasteiger partial charge in [-0.1, -0.05) is 12.8 Å². The molecule has 1 aliphatic heterocycles. The van der Waals surface area contributed by atoms with E-state index in [1.807, 2.05) is 0 Å². The third-order valence-corrected chi connectivity index (χ3v) is 4.55. The summed E-state index contributed by atoms with van der Waals surface area (Å²) in [7, 11) is 0. The molecule has 0 spiro atoms. The molecular weight excluding hydrogens is 298 g/mol. The predicted molar refractivity (Wildman–Crippen MR) is 84.3 cm³/mol. The highest BCUT2D eigenvalue weighted by atomic mass is 16.5. The zero-order valence-corrected chi connectivity index (χ0v) is 13.0. The van der Waals surface area contributed by atoms with Crippen molar-refractivity contribution in [3.8, 4) is 6.01 Å². The Morgan fingerprint density at radius 2 is 2.17 bits per heavy atom. The summed E-state index contributed by atoms with van der Waals surface area (Å²) >= 11 is 0. The highest BCUT2D eigenvalue weighted by Gasteiger charge is 2.22. The summed E-state index contributed by atoms with van der Waals surface area (Å²) < 4.78 is 12.6. The SMILES string of the molecule is Nc1nc(OCCC2CC2)nc2c1[nH]c(=O)n2CC1CCOC1. The summed E-state index contributed by atoms with van der Waals surface area (Å²) in [5, 5.41) is 0. The Kier molecular flexibility index (Phi) is 3.68. The van der Waals surface area contributed by atoms with Crippen molar-refractivity contribution in [2.45, 2.75) is 32.2 Å². The highest BCUT2D eigenvalue weighted by Crippen LogP contribution is 2.32. The molecule has 1 aliphatic carbocycles. The van der Waals surface area contributed by atoms with Crippen molar-refractivity contribution in [3.05, 3.63) is 10.5 Å². The van der Waals surface area contributed by atoms with Gasteiger partial charge >= 0.3 is 11.7 Å². The Hall–Kier alpha value is -2.09. The average molecular weight is 319 g/mol. The van der Waals surface area contributed by atoms with Gasteiger partial charge in [0.2, 0.25) is 0 Å². The molecule has 2 aliphatic rings. The van der Waals surface area contributed by atoms with Gasteiger partial charge in [-0.15, -0.1) is 0 Å². The monoisotopic (exact) mass is 319 g/mol. The molecule has 1 atom stereocenters. The fourth-order valence-electron chi connectivity index (χ4n) is 2.97. The van der Waals surface area contributed by atoms with Crippen molar-refractivity contribution in [1.82, 2.24) is 19.5 Å². The molecule has 23 heavy (non-hydrogen) atoms. The molecule has 0 bridgehead atoms. The van der Waals surface area contributed by atoms with Crippen LogP contribution in [0.15, 0.2) is 4.79 Å². The summed E-state index contributed by atoms with van der Waals surface area (Å²) in [6.45, 7) is 2.57. The number of hydrogen-bond acceptors (Lipinski definition) is 6.